The average molecular weight is 411 g/mol. The van der Waals surface area contributed by atoms with Crippen molar-refractivity contribution in [1.29, 1.82) is 0 Å². The Bertz CT molecular complexity index is 849. The summed E-state index contributed by atoms with van der Waals surface area (Å²) in [6.07, 6.45) is 6.30. The molecule has 2 fully saturated rings. The van der Waals surface area contributed by atoms with Gasteiger partial charge in [-0.05, 0) is 68.3 Å². The van der Waals surface area contributed by atoms with Crippen molar-refractivity contribution >= 4 is 17.2 Å². The molecule has 5 rings (SSSR count). The number of carbonyl (C=O) groups excluding carboxylic acids is 1. The molecule has 1 amide bonds. The van der Waals surface area contributed by atoms with Crippen molar-refractivity contribution in [3.63, 3.8) is 0 Å². The zero-order valence-electron chi connectivity index (χ0n) is 17.0. The monoisotopic (exact) mass is 410 g/mol. The van der Waals surface area contributed by atoms with E-state index >= 15 is 0 Å². The van der Waals surface area contributed by atoms with Gasteiger partial charge in [0.15, 0.2) is 0 Å². The first kappa shape index (κ1) is 19.3. The Morgan fingerprint density at radius 3 is 2.69 bits per heavy atom. The topological polar surface area (TPSA) is 41.6 Å². The molecule has 0 unspecified atom stereocenters. The van der Waals surface area contributed by atoms with Crippen molar-refractivity contribution in [2.75, 3.05) is 32.8 Å². The maximum atomic E-state index is 13.2. The number of ether oxygens (including phenoxy) is 1. The fourth-order valence-electron chi connectivity index (χ4n) is 5.21. The van der Waals surface area contributed by atoms with Gasteiger partial charge < -0.3 is 15.0 Å². The summed E-state index contributed by atoms with van der Waals surface area (Å²) in [6, 6.07) is 12.9. The van der Waals surface area contributed by atoms with E-state index in [1.165, 1.54) is 16.0 Å². The van der Waals surface area contributed by atoms with Crippen LogP contribution in [0.15, 0.2) is 36.4 Å². The van der Waals surface area contributed by atoms with Gasteiger partial charge in [-0.15, -0.1) is 11.3 Å². The second-order valence-electron chi connectivity index (χ2n) is 8.72. The van der Waals surface area contributed by atoms with Crippen molar-refractivity contribution in [3.8, 4) is 0 Å². The van der Waals surface area contributed by atoms with Crippen LogP contribution in [-0.4, -0.2) is 43.6 Å². The van der Waals surface area contributed by atoms with Gasteiger partial charge in [0.05, 0.1) is 17.1 Å². The van der Waals surface area contributed by atoms with E-state index in [-0.39, 0.29) is 11.5 Å². The van der Waals surface area contributed by atoms with Crippen molar-refractivity contribution in [1.82, 2.24) is 10.2 Å². The van der Waals surface area contributed by atoms with Crippen LogP contribution >= 0.6 is 11.3 Å². The predicted molar refractivity (Wildman–Crippen MR) is 117 cm³/mol. The van der Waals surface area contributed by atoms with Gasteiger partial charge in [-0.25, -0.2) is 0 Å². The molecular weight excluding hydrogens is 380 g/mol. The van der Waals surface area contributed by atoms with E-state index in [4.69, 9.17) is 4.74 Å². The summed E-state index contributed by atoms with van der Waals surface area (Å²) in [5.74, 6) is 0.913. The van der Waals surface area contributed by atoms with Crippen LogP contribution in [0.1, 0.15) is 51.4 Å². The molecule has 1 spiro atoms. The maximum absolute atomic E-state index is 13.2. The Hall–Kier alpha value is -1.69. The quantitative estimate of drug-likeness (QED) is 0.832. The van der Waals surface area contributed by atoms with Crippen LogP contribution in [0.3, 0.4) is 0 Å². The molecule has 1 N–H and O–H groups in total. The molecule has 0 radical (unpaired) electrons. The Kier molecular flexibility index (Phi) is 5.46. The molecule has 1 aromatic heterocycles. The summed E-state index contributed by atoms with van der Waals surface area (Å²) < 4.78 is 6.28. The van der Waals surface area contributed by atoms with Crippen molar-refractivity contribution < 1.29 is 9.53 Å². The molecule has 3 aliphatic heterocycles. The summed E-state index contributed by atoms with van der Waals surface area (Å²) >= 11 is 1.72. The molecule has 0 aliphatic carbocycles. The number of fused-ring (bicyclic) bond motifs is 2. The summed E-state index contributed by atoms with van der Waals surface area (Å²) in [5.41, 5.74) is 2.56. The van der Waals surface area contributed by atoms with Gasteiger partial charge in [-0.1, -0.05) is 30.3 Å². The SMILES string of the molecule is O=C(c1cc2c(s1)CCOC21CCNCC1)N1CCC(Cc2ccccc2)CC1. The highest BCUT2D eigenvalue weighted by Crippen LogP contribution is 2.43. The minimum absolute atomic E-state index is 0.156. The first-order valence-corrected chi connectivity index (χ1v) is 11.9. The second-order valence-corrected chi connectivity index (χ2v) is 9.85. The highest BCUT2D eigenvalue weighted by Gasteiger charge is 2.41. The van der Waals surface area contributed by atoms with E-state index in [0.29, 0.717) is 5.92 Å². The summed E-state index contributed by atoms with van der Waals surface area (Å²) in [6.45, 7) is 4.53. The molecule has 154 valence electrons. The van der Waals surface area contributed by atoms with Gasteiger partial charge in [0, 0.05) is 24.4 Å². The smallest absolute Gasteiger partial charge is 0.263 e. The number of nitrogens with one attached hydrogen (secondary N) is 1. The van der Waals surface area contributed by atoms with E-state index in [9.17, 15) is 4.79 Å². The second kappa shape index (κ2) is 8.21. The van der Waals surface area contributed by atoms with Gasteiger partial charge in [0.1, 0.15) is 0 Å². The summed E-state index contributed by atoms with van der Waals surface area (Å²) in [4.78, 5) is 17.6. The van der Waals surface area contributed by atoms with E-state index < -0.39 is 0 Å². The number of hydrogen-bond donors (Lipinski definition) is 1. The Labute approximate surface area is 177 Å². The van der Waals surface area contributed by atoms with Crippen LogP contribution in [0, 0.1) is 5.92 Å². The zero-order valence-corrected chi connectivity index (χ0v) is 17.8. The summed E-state index contributed by atoms with van der Waals surface area (Å²) in [7, 11) is 0. The van der Waals surface area contributed by atoms with Crippen molar-refractivity contribution in [2.45, 2.75) is 44.1 Å². The first-order chi connectivity index (χ1) is 14.2. The number of hydrogen-bond acceptors (Lipinski definition) is 4. The van der Waals surface area contributed by atoms with Gasteiger partial charge in [-0.3, -0.25) is 4.79 Å². The third-order valence-electron chi connectivity index (χ3n) is 6.90. The standard InChI is InChI=1S/C24H30N2O2S/c27-23(26-13-6-19(7-14-26)16-18-4-2-1-3-5-18)22-17-20-21(29-22)8-15-28-24(20)9-11-25-12-10-24/h1-5,17,19,25H,6-16H2. The largest absolute Gasteiger partial charge is 0.370 e. The number of carbonyl (C=O) groups is 1. The van der Waals surface area contributed by atoms with Gasteiger partial charge in [0.25, 0.3) is 5.91 Å². The van der Waals surface area contributed by atoms with Crippen LogP contribution in [0.5, 0.6) is 0 Å². The lowest BCUT2D eigenvalue weighted by Gasteiger charge is -2.40. The highest BCUT2D eigenvalue weighted by atomic mass is 32.1. The third kappa shape index (κ3) is 3.88. The van der Waals surface area contributed by atoms with E-state index in [1.54, 1.807) is 11.3 Å². The van der Waals surface area contributed by atoms with Crippen LogP contribution in [-0.2, 0) is 23.2 Å². The normalized spacial score (nSPS) is 21.9. The lowest BCUT2D eigenvalue weighted by Crippen LogP contribution is -2.44. The van der Waals surface area contributed by atoms with Crippen molar-refractivity contribution in [3.05, 3.63) is 57.3 Å². The fraction of sp³-hybridized carbons (Fsp3) is 0.542. The number of likely N-dealkylation sites (tertiary alicyclic amines) is 1. The molecule has 0 bridgehead atoms. The van der Waals surface area contributed by atoms with Gasteiger partial charge in [-0.2, -0.15) is 0 Å². The molecule has 4 heterocycles. The third-order valence-corrected chi connectivity index (χ3v) is 8.08. The van der Waals surface area contributed by atoms with Crippen LogP contribution in [0.4, 0.5) is 0 Å². The number of thiophene rings is 1. The molecule has 2 saturated heterocycles. The van der Waals surface area contributed by atoms with Crippen LogP contribution < -0.4 is 5.32 Å². The number of rotatable bonds is 3. The lowest BCUT2D eigenvalue weighted by atomic mass is 9.83. The van der Waals surface area contributed by atoms with Gasteiger partial charge >= 0.3 is 0 Å². The molecule has 2 aromatic rings. The molecule has 4 nitrogen and oxygen atoms in total. The molecule has 0 atom stereocenters. The molecule has 0 saturated carbocycles. The number of amides is 1. The average Bonchev–Trinajstić information content (AvgIpc) is 3.21. The molecule has 3 aliphatic rings. The molecule has 1 aromatic carbocycles. The predicted octanol–water partition coefficient (Wildman–Crippen LogP) is 3.99. The van der Waals surface area contributed by atoms with Crippen molar-refractivity contribution in [2.24, 2.45) is 5.92 Å². The molecule has 29 heavy (non-hydrogen) atoms. The Balaban J connectivity index is 1.25. The Morgan fingerprint density at radius 2 is 1.93 bits per heavy atom. The van der Waals surface area contributed by atoms with E-state index in [2.05, 4.69) is 46.6 Å². The maximum Gasteiger partial charge on any atom is 0.263 e. The number of nitrogens with zero attached hydrogens (tertiary/aromatic N) is 1. The van der Waals surface area contributed by atoms with E-state index in [0.717, 1.165) is 76.2 Å². The fourth-order valence-corrected chi connectivity index (χ4v) is 6.41. The zero-order chi connectivity index (χ0) is 19.7. The Morgan fingerprint density at radius 1 is 1.17 bits per heavy atom. The molecule has 5 heteroatoms. The molecular formula is C24H30N2O2S. The van der Waals surface area contributed by atoms with Crippen LogP contribution in [0.2, 0.25) is 0 Å². The summed E-state index contributed by atoms with van der Waals surface area (Å²) in [5, 5.41) is 3.44. The van der Waals surface area contributed by atoms with Crippen LogP contribution in [0.25, 0.3) is 0 Å². The number of benzene rings is 1. The van der Waals surface area contributed by atoms with E-state index in [1.807, 2.05) is 0 Å². The minimum Gasteiger partial charge on any atom is -0.370 e. The number of piperidine rings is 2. The highest BCUT2D eigenvalue weighted by molar-refractivity contribution is 7.14. The lowest BCUT2D eigenvalue weighted by molar-refractivity contribution is -0.0792. The van der Waals surface area contributed by atoms with Gasteiger partial charge in [0.2, 0.25) is 0 Å². The first-order valence-electron chi connectivity index (χ1n) is 11.0. The minimum atomic E-state index is -0.156.